The van der Waals surface area contributed by atoms with Crippen molar-refractivity contribution in [3.63, 3.8) is 0 Å². The van der Waals surface area contributed by atoms with E-state index in [-0.39, 0.29) is 39.6 Å². The third kappa shape index (κ3) is 7.13. The van der Waals surface area contributed by atoms with Crippen LogP contribution in [0.2, 0.25) is 5.02 Å². The minimum atomic E-state index is -0.828. The molecule has 1 atom stereocenters. The van der Waals surface area contributed by atoms with E-state index >= 15 is 0 Å². The maximum Gasteiger partial charge on any atom is 0.343 e. The van der Waals surface area contributed by atoms with Gasteiger partial charge < -0.3 is 24.6 Å². The molecule has 210 valence electrons. The van der Waals surface area contributed by atoms with Gasteiger partial charge in [-0.2, -0.15) is 0 Å². The van der Waals surface area contributed by atoms with E-state index in [9.17, 15) is 14.7 Å². The molecule has 0 aliphatic rings. The number of carbonyl (C=O) groups is 2. The van der Waals surface area contributed by atoms with Crippen molar-refractivity contribution in [3.05, 3.63) is 46.0 Å². The average Bonchev–Trinajstić information content (AvgIpc) is 2.90. The fraction of sp³-hybridized carbons (Fsp3) is 0.533. The van der Waals surface area contributed by atoms with Crippen LogP contribution in [0.4, 0.5) is 5.69 Å². The van der Waals surface area contributed by atoms with Gasteiger partial charge in [-0.25, -0.2) is 4.79 Å². The number of benzene rings is 2. The highest BCUT2D eigenvalue weighted by molar-refractivity contribution is 6.33. The van der Waals surface area contributed by atoms with Crippen molar-refractivity contribution in [2.24, 2.45) is 0 Å². The highest BCUT2D eigenvalue weighted by Gasteiger charge is 2.29. The van der Waals surface area contributed by atoms with E-state index in [2.05, 4.69) is 63.7 Å². The molecule has 1 amide bonds. The van der Waals surface area contributed by atoms with Gasteiger partial charge in [-0.3, -0.25) is 4.79 Å². The summed E-state index contributed by atoms with van der Waals surface area (Å²) in [5.74, 6) is -0.416. The second kappa shape index (κ2) is 12.7. The molecule has 2 aromatic carbocycles. The van der Waals surface area contributed by atoms with Gasteiger partial charge in [-0.15, -0.1) is 0 Å². The van der Waals surface area contributed by atoms with Crippen LogP contribution in [0.5, 0.6) is 17.2 Å². The van der Waals surface area contributed by atoms with E-state index in [0.717, 1.165) is 18.4 Å². The number of ether oxygens (including phenoxy) is 3. The molecule has 0 aliphatic heterocycles. The predicted molar refractivity (Wildman–Crippen MR) is 152 cm³/mol. The van der Waals surface area contributed by atoms with Gasteiger partial charge in [0.25, 0.3) is 5.91 Å². The van der Waals surface area contributed by atoms with E-state index in [0.29, 0.717) is 17.7 Å². The summed E-state index contributed by atoms with van der Waals surface area (Å²) in [7, 11) is 1.25. The Hall–Kier alpha value is -2.93. The first-order valence-electron chi connectivity index (χ1n) is 13.1. The Kier molecular flexibility index (Phi) is 10.5. The lowest BCUT2D eigenvalue weighted by Crippen LogP contribution is -2.33. The van der Waals surface area contributed by atoms with Crippen molar-refractivity contribution >= 4 is 29.2 Å². The van der Waals surface area contributed by atoms with Gasteiger partial charge >= 0.3 is 5.97 Å². The fourth-order valence-electron chi connectivity index (χ4n) is 3.82. The number of phenolic OH excluding ortho intramolecular Hbond substituents is 1. The summed E-state index contributed by atoms with van der Waals surface area (Å²) in [6, 6.07) is 7.64. The summed E-state index contributed by atoms with van der Waals surface area (Å²) >= 11 is 6.29. The summed E-state index contributed by atoms with van der Waals surface area (Å²) < 4.78 is 16.4. The third-order valence-electron chi connectivity index (χ3n) is 7.46. The lowest BCUT2D eigenvalue weighted by Gasteiger charge is -2.31. The van der Waals surface area contributed by atoms with Crippen molar-refractivity contribution in [1.29, 1.82) is 0 Å². The number of aromatic hydroxyl groups is 1. The van der Waals surface area contributed by atoms with Crippen LogP contribution in [0, 0.1) is 6.92 Å². The maximum absolute atomic E-state index is 13.3. The topological polar surface area (TPSA) is 94.1 Å². The number of anilines is 1. The summed E-state index contributed by atoms with van der Waals surface area (Å²) in [6.45, 7) is 16.2. The van der Waals surface area contributed by atoms with Crippen molar-refractivity contribution in [2.75, 3.05) is 19.0 Å². The van der Waals surface area contributed by atoms with Crippen LogP contribution in [0.1, 0.15) is 84.4 Å². The molecule has 0 radical (unpaired) electrons. The largest absolute Gasteiger partial charge is 0.504 e. The van der Waals surface area contributed by atoms with Gasteiger partial charge in [0.15, 0.2) is 18.5 Å². The average molecular weight is 548 g/mol. The summed E-state index contributed by atoms with van der Waals surface area (Å²) in [4.78, 5) is 24.8. The van der Waals surface area contributed by atoms with E-state index in [4.69, 9.17) is 21.1 Å². The molecule has 0 aliphatic carbocycles. The first kappa shape index (κ1) is 31.3. The van der Waals surface area contributed by atoms with Crippen LogP contribution in [-0.4, -0.2) is 36.8 Å². The first-order chi connectivity index (χ1) is 17.7. The number of carbonyl (C=O) groups excluding carboxylic acids is 2. The molecule has 0 spiro atoms. The number of phenols is 1. The van der Waals surface area contributed by atoms with Gasteiger partial charge in [-0.1, -0.05) is 72.2 Å². The zero-order valence-corrected chi connectivity index (χ0v) is 24.8. The van der Waals surface area contributed by atoms with Crippen LogP contribution >= 0.6 is 11.6 Å². The molecule has 0 aromatic heterocycles. The first-order valence-corrected chi connectivity index (χ1v) is 13.4. The van der Waals surface area contributed by atoms with Gasteiger partial charge in [-0.05, 0) is 48.6 Å². The van der Waals surface area contributed by atoms with Gasteiger partial charge in [0.05, 0.1) is 17.8 Å². The monoisotopic (exact) mass is 547 g/mol. The number of rotatable bonds is 12. The lowest BCUT2D eigenvalue weighted by atomic mass is 9.76. The molecule has 0 saturated carbocycles. The molecule has 0 heterocycles. The van der Waals surface area contributed by atoms with E-state index in [1.54, 1.807) is 6.92 Å². The minimum absolute atomic E-state index is 0.00845. The van der Waals surface area contributed by atoms with Gasteiger partial charge in [0.2, 0.25) is 0 Å². The van der Waals surface area contributed by atoms with Crippen LogP contribution in [0.15, 0.2) is 24.3 Å². The molecule has 0 bridgehead atoms. The van der Waals surface area contributed by atoms with Crippen molar-refractivity contribution < 1.29 is 28.9 Å². The molecule has 2 aromatic rings. The SMILES string of the molecule is CC[C@@H](Oc1ccc(C(C)(C)CC)cc1C(C)(C)CC)C(=O)Nc1cc(OCC(=O)OC)c(C)c(Cl)c1O. The minimum Gasteiger partial charge on any atom is -0.504 e. The smallest absolute Gasteiger partial charge is 0.343 e. The highest BCUT2D eigenvalue weighted by atomic mass is 35.5. The number of hydrogen-bond donors (Lipinski definition) is 2. The number of hydrogen-bond acceptors (Lipinski definition) is 6. The highest BCUT2D eigenvalue weighted by Crippen LogP contribution is 2.41. The Balaban J connectivity index is 2.39. The fourth-order valence-corrected chi connectivity index (χ4v) is 4.01. The second-order valence-corrected chi connectivity index (χ2v) is 11.1. The summed E-state index contributed by atoms with van der Waals surface area (Å²) in [6.07, 6.45) is 1.46. The molecule has 2 N–H and O–H groups in total. The number of amides is 1. The molecule has 0 unspecified atom stereocenters. The van der Waals surface area contributed by atoms with Crippen LogP contribution in [0.25, 0.3) is 0 Å². The van der Waals surface area contributed by atoms with E-state index in [1.165, 1.54) is 18.7 Å². The van der Waals surface area contributed by atoms with E-state index in [1.807, 2.05) is 13.0 Å². The predicted octanol–water partition coefficient (Wildman–Crippen LogP) is 7.08. The Labute approximate surface area is 231 Å². The Bertz CT molecular complexity index is 1160. The number of halogens is 1. The lowest BCUT2D eigenvalue weighted by molar-refractivity contribution is -0.142. The maximum atomic E-state index is 13.3. The van der Waals surface area contributed by atoms with Crippen LogP contribution < -0.4 is 14.8 Å². The second-order valence-electron chi connectivity index (χ2n) is 10.8. The summed E-state index contributed by atoms with van der Waals surface area (Å²) in [5, 5.41) is 13.3. The molecular formula is C30H42ClNO6. The normalized spacial score (nSPS) is 12.6. The molecular weight excluding hydrogens is 506 g/mol. The Morgan fingerprint density at radius 3 is 2.21 bits per heavy atom. The third-order valence-corrected chi connectivity index (χ3v) is 7.92. The zero-order chi connectivity index (χ0) is 28.8. The molecule has 2 rings (SSSR count). The molecule has 7 nitrogen and oxygen atoms in total. The number of nitrogens with one attached hydrogen (secondary N) is 1. The number of methoxy groups -OCH3 is 1. The molecule has 8 heteroatoms. The molecule has 0 fully saturated rings. The number of esters is 1. The Morgan fingerprint density at radius 1 is 1.03 bits per heavy atom. The van der Waals surface area contributed by atoms with Crippen LogP contribution in [0.3, 0.4) is 0 Å². The van der Waals surface area contributed by atoms with Crippen molar-refractivity contribution in [1.82, 2.24) is 0 Å². The Morgan fingerprint density at radius 2 is 1.66 bits per heavy atom. The van der Waals surface area contributed by atoms with Gasteiger partial charge in [0.1, 0.15) is 11.5 Å². The van der Waals surface area contributed by atoms with Crippen LogP contribution in [-0.2, 0) is 25.2 Å². The quantitative estimate of drug-likeness (QED) is 0.218. The summed E-state index contributed by atoms with van der Waals surface area (Å²) in [5.41, 5.74) is 2.59. The standard InChI is InChI=1S/C30H42ClNO6/c1-10-22(38-23-14-13-19(29(5,6)11-2)15-20(23)30(7,8)12-3)28(35)32-21-16-24(37-17-25(33)36-9)18(4)26(31)27(21)34/h13-16,22,34H,10-12,17H2,1-9H3,(H,32,35)/t22-/m1/s1. The van der Waals surface area contributed by atoms with Gasteiger partial charge in [0, 0.05) is 17.2 Å². The van der Waals surface area contributed by atoms with Crippen molar-refractivity contribution in [3.8, 4) is 17.2 Å². The van der Waals surface area contributed by atoms with Crippen molar-refractivity contribution in [2.45, 2.75) is 91.6 Å². The molecule has 38 heavy (non-hydrogen) atoms. The zero-order valence-electron chi connectivity index (χ0n) is 24.1. The molecule has 0 saturated heterocycles. The van der Waals surface area contributed by atoms with E-state index < -0.39 is 18.0 Å².